The quantitative estimate of drug-likeness (QED) is 0.922. The van der Waals surface area contributed by atoms with Gasteiger partial charge in [-0.25, -0.2) is 0 Å². The molecule has 0 aliphatic rings. The predicted octanol–water partition coefficient (Wildman–Crippen LogP) is 2.77. The second kappa shape index (κ2) is 6.39. The van der Waals surface area contributed by atoms with E-state index in [1.807, 2.05) is 37.6 Å². The van der Waals surface area contributed by atoms with Crippen LogP contribution >= 0.6 is 11.6 Å². The van der Waals surface area contributed by atoms with Crippen molar-refractivity contribution in [2.75, 3.05) is 13.6 Å². The van der Waals surface area contributed by atoms with Gasteiger partial charge in [0.2, 0.25) is 0 Å². The minimum absolute atomic E-state index is 0.120. The lowest BCUT2D eigenvalue weighted by atomic mass is 10.0. The Labute approximate surface area is 125 Å². The van der Waals surface area contributed by atoms with E-state index in [9.17, 15) is 0 Å². The maximum Gasteiger partial charge on any atom is 0.0538 e. The van der Waals surface area contributed by atoms with E-state index < -0.39 is 0 Å². The molecular weight excluding hydrogens is 272 g/mol. The number of nitrogens with two attached hydrogens (primary N) is 1. The van der Waals surface area contributed by atoms with Crippen LogP contribution in [0.3, 0.4) is 0 Å². The van der Waals surface area contributed by atoms with Gasteiger partial charge in [0.1, 0.15) is 0 Å². The summed E-state index contributed by atoms with van der Waals surface area (Å²) in [6.07, 6.45) is 3.88. The van der Waals surface area contributed by atoms with Gasteiger partial charge >= 0.3 is 0 Å². The Morgan fingerprint density at radius 1 is 1.40 bits per heavy atom. The van der Waals surface area contributed by atoms with Crippen LogP contribution in [0.25, 0.3) is 0 Å². The van der Waals surface area contributed by atoms with Gasteiger partial charge in [0.15, 0.2) is 0 Å². The molecule has 0 saturated heterocycles. The molecule has 4 nitrogen and oxygen atoms in total. The highest BCUT2D eigenvalue weighted by molar-refractivity contribution is 6.31. The van der Waals surface area contributed by atoms with E-state index in [1.54, 1.807) is 4.68 Å². The summed E-state index contributed by atoms with van der Waals surface area (Å²) in [5, 5.41) is 5.01. The van der Waals surface area contributed by atoms with Crippen LogP contribution in [0, 0.1) is 0 Å². The molecule has 2 atom stereocenters. The molecule has 108 valence electrons. The molecule has 0 saturated carbocycles. The number of hydrogen-bond donors (Lipinski definition) is 1. The lowest BCUT2D eigenvalue weighted by Crippen LogP contribution is -2.32. The fraction of sp³-hybridized carbons (Fsp3) is 0.400. The average Bonchev–Trinajstić information content (AvgIpc) is 2.85. The van der Waals surface area contributed by atoms with Crippen LogP contribution in [-0.4, -0.2) is 28.3 Å². The van der Waals surface area contributed by atoms with Crippen molar-refractivity contribution in [1.29, 1.82) is 0 Å². The van der Waals surface area contributed by atoms with Crippen molar-refractivity contribution in [3.8, 4) is 0 Å². The first-order valence-corrected chi connectivity index (χ1v) is 7.07. The van der Waals surface area contributed by atoms with E-state index in [-0.39, 0.29) is 12.1 Å². The lowest BCUT2D eigenvalue weighted by Gasteiger charge is -2.32. The molecule has 2 aromatic rings. The average molecular weight is 293 g/mol. The number of nitrogens with zero attached hydrogens (tertiary/aromatic N) is 3. The summed E-state index contributed by atoms with van der Waals surface area (Å²) < 4.78 is 1.80. The van der Waals surface area contributed by atoms with Crippen LogP contribution in [0.15, 0.2) is 36.7 Å². The fourth-order valence-electron chi connectivity index (χ4n) is 2.45. The van der Waals surface area contributed by atoms with Gasteiger partial charge in [-0.3, -0.25) is 9.58 Å². The van der Waals surface area contributed by atoms with Crippen LogP contribution < -0.4 is 5.73 Å². The van der Waals surface area contributed by atoms with Crippen LogP contribution in [0.2, 0.25) is 5.02 Å². The topological polar surface area (TPSA) is 47.1 Å². The molecule has 0 fully saturated rings. The maximum atomic E-state index is 6.29. The molecule has 2 N–H and O–H groups in total. The van der Waals surface area contributed by atoms with Gasteiger partial charge in [0.25, 0.3) is 0 Å². The van der Waals surface area contributed by atoms with Crippen LogP contribution in [0.4, 0.5) is 0 Å². The third-order valence-corrected chi connectivity index (χ3v) is 4.13. The fourth-order valence-corrected chi connectivity index (χ4v) is 2.75. The molecule has 20 heavy (non-hydrogen) atoms. The number of benzene rings is 1. The van der Waals surface area contributed by atoms with E-state index in [1.165, 1.54) is 0 Å². The van der Waals surface area contributed by atoms with Crippen molar-refractivity contribution >= 4 is 11.6 Å². The molecule has 2 rings (SSSR count). The summed E-state index contributed by atoms with van der Waals surface area (Å²) in [4.78, 5) is 2.23. The number of hydrogen-bond acceptors (Lipinski definition) is 3. The van der Waals surface area contributed by atoms with Gasteiger partial charge in [-0.1, -0.05) is 29.8 Å². The Kier molecular flexibility index (Phi) is 4.81. The summed E-state index contributed by atoms with van der Waals surface area (Å²) >= 11 is 6.29. The summed E-state index contributed by atoms with van der Waals surface area (Å²) in [5.41, 5.74) is 8.19. The van der Waals surface area contributed by atoms with Gasteiger partial charge in [0.05, 0.1) is 12.2 Å². The Bertz CT molecular complexity index is 567. The van der Waals surface area contributed by atoms with Gasteiger partial charge in [-0.15, -0.1) is 0 Å². The normalized spacial score (nSPS) is 14.5. The van der Waals surface area contributed by atoms with Crippen molar-refractivity contribution in [2.24, 2.45) is 12.8 Å². The maximum absolute atomic E-state index is 6.29. The number of likely N-dealkylation sites (N-methyl/N-ethyl adjacent to an activating group) is 1. The van der Waals surface area contributed by atoms with Gasteiger partial charge in [-0.2, -0.15) is 5.10 Å². The minimum atomic E-state index is 0.120. The molecular formula is C15H21ClN4. The highest BCUT2D eigenvalue weighted by Crippen LogP contribution is 2.31. The molecule has 0 spiro atoms. The van der Waals surface area contributed by atoms with Crippen molar-refractivity contribution in [1.82, 2.24) is 14.7 Å². The Morgan fingerprint density at radius 2 is 2.10 bits per heavy atom. The number of aromatic nitrogens is 2. The SMILES string of the molecule is CC(c1ccccc1Cl)N(C)C(CN)c1cnn(C)c1. The minimum Gasteiger partial charge on any atom is -0.329 e. The largest absolute Gasteiger partial charge is 0.329 e. The van der Waals surface area contributed by atoms with Crippen molar-refractivity contribution < 1.29 is 0 Å². The molecule has 1 aromatic carbocycles. The zero-order valence-electron chi connectivity index (χ0n) is 12.1. The summed E-state index contributed by atoms with van der Waals surface area (Å²) in [7, 11) is 3.98. The second-order valence-corrected chi connectivity index (χ2v) is 5.47. The predicted molar refractivity (Wildman–Crippen MR) is 82.6 cm³/mol. The van der Waals surface area contributed by atoms with Crippen LogP contribution in [0.5, 0.6) is 0 Å². The summed E-state index contributed by atoms with van der Waals surface area (Å²) in [5.74, 6) is 0. The molecule has 5 heteroatoms. The van der Waals surface area contributed by atoms with Gasteiger partial charge in [0, 0.05) is 36.4 Å². The Morgan fingerprint density at radius 3 is 2.65 bits per heavy atom. The lowest BCUT2D eigenvalue weighted by molar-refractivity contribution is 0.190. The van der Waals surface area contributed by atoms with E-state index in [4.69, 9.17) is 17.3 Å². The van der Waals surface area contributed by atoms with Gasteiger partial charge in [-0.05, 0) is 25.6 Å². The third kappa shape index (κ3) is 3.03. The monoisotopic (exact) mass is 292 g/mol. The summed E-state index contributed by atoms with van der Waals surface area (Å²) in [6, 6.07) is 8.23. The zero-order chi connectivity index (χ0) is 14.7. The van der Waals surface area contributed by atoms with Crippen LogP contribution in [-0.2, 0) is 7.05 Å². The molecule has 1 aromatic heterocycles. The highest BCUT2D eigenvalue weighted by atomic mass is 35.5. The number of aryl methyl sites for hydroxylation is 1. The number of rotatable bonds is 5. The smallest absolute Gasteiger partial charge is 0.0538 e. The molecule has 2 unspecified atom stereocenters. The number of halogens is 1. The van der Waals surface area contributed by atoms with E-state index in [0.29, 0.717) is 6.54 Å². The Hall–Kier alpha value is -1.36. The first-order chi connectivity index (χ1) is 9.54. The first kappa shape index (κ1) is 15.0. The molecule has 0 aliphatic carbocycles. The van der Waals surface area contributed by atoms with Crippen molar-refractivity contribution in [2.45, 2.75) is 19.0 Å². The standard InChI is InChI=1S/C15H21ClN4/c1-11(13-6-4-5-7-14(13)16)20(3)15(8-17)12-9-18-19(2)10-12/h4-7,9-11,15H,8,17H2,1-3H3. The molecule has 1 heterocycles. The summed E-state index contributed by atoms with van der Waals surface area (Å²) in [6.45, 7) is 2.68. The zero-order valence-corrected chi connectivity index (χ0v) is 12.9. The first-order valence-electron chi connectivity index (χ1n) is 6.69. The highest BCUT2D eigenvalue weighted by Gasteiger charge is 2.23. The van der Waals surface area contributed by atoms with Gasteiger partial charge < -0.3 is 5.73 Å². The third-order valence-electron chi connectivity index (χ3n) is 3.79. The van der Waals surface area contributed by atoms with Crippen LogP contribution in [0.1, 0.15) is 30.1 Å². The molecule has 0 aliphatic heterocycles. The second-order valence-electron chi connectivity index (χ2n) is 5.06. The van der Waals surface area contributed by atoms with Crippen molar-refractivity contribution in [3.63, 3.8) is 0 Å². The molecule has 0 radical (unpaired) electrons. The van der Waals surface area contributed by atoms with E-state index in [0.717, 1.165) is 16.1 Å². The molecule has 0 bridgehead atoms. The Balaban J connectivity index is 2.24. The van der Waals surface area contributed by atoms with Crippen molar-refractivity contribution in [3.05, 3.63) is 52.8 Å². The molecule has 0 amide bonds. The van der Waals surface area contributed by atoms with E-state index >= 15 is 0 Å². The van der Waals surface area contributed by atoms with E-state index in [2.05, 4.69) is 30.0 Å².